The standard InChI is InChI=1S/C18H18N4O2.C4H8O3/c1-21-15(23)19-17(13-9-5-3-6-10-13)18(21,22(2)16(24)20-17)14-11-7-4-8-12-14;1-3(5)4(6)7-2/h3-12H,1-2H3,(H,19,23)(H,20,24);3,5H,1-2H3/t;3-/m.0/s1. The summed E-state index contributed by atoms with van der Waals surface area (Å²) in [7, 11) is 4.66. The van der Waals surface area contributed by atoms with Gasteiger partial charge in [-0.3, -0.25) is 9.80 Å². The number of likely N-dealkylation sites (N-methyl/N-ethyl adjacent to an activating group) is 2. The van der Waals surface area contributed by atoms with Crippen LogP contribution in [0.3, 0.4) is 0 Å². The second-order valence-corrected chi connectivity index (χ2v) is 7.33. The van der Waals surface area contributed by atoms with E-state index in [0.29, 0.717) is 0 Å². The first-order valence-electron chi connectivity index (χ1n) is 9.71. The lowest BCUT2D eigenvalue weighted by atomic mass is 9.81. The zero-order valence-electron chi connectivity index (χ0n) is 17.8. The van der Waals surface area contributed by atoms with Crippen LogP contribution in [0, 0.1) is 0 Å². The van der Waals surface area contributed by atoms with Crippen molar-refractivity contribution in [1.29, 1.82) is 0 Å². The number of hydrogen-bond donors (Lipinski definition) is 3. The molecule has 2 fully saturated rings. The number of aliphatic hydroxyl groups is 1. The number of rotatable bonds is 3. The van der Waals surface area contributed by atoms with Crippen molar-refractivity contribution < 1.29 is 24.2 Å². The van der Waals surface area contributed by atoms with Crippen LogP contribution in [0.25, 0.3) is 0 Å². The molecule has 164 valence electrons. The van der Waals surface area contributed by atoms with Crippen LogP contribution in [0.2, 0.25) is 0 Å². The number of hydrogen-bond acceptors (Lipinski definition) is 5. The van der Waals surface area contributed by atoms with Crippen molar-refractivity contribution in [3.05, 3.63) is 71.8 Å². The van der Waals surface area contributed by atoms with Crippen LogP contribution in [0.1, 0.15) is 18.1 Å². The fraction of sp³-hybridized carbons (Fsp3) is 0.318. The number of methoxy groups -OCH3 is 1. The van der Waals surface area contributed by atoms with Crippen LogP contribution < -0.4 is 10.6 Å². The Balaban J connectivity index is 0.000000339. The van der Waals surface area contributed by atoms with E-state index in [1.807, 2.05) is 60.7 Å². The molecule has 2 aromatic carbocycles. The Morgan fingerprint density at radius 1 is 0.903 bits per heavy atom. The molecule has 2 saturated heterocycles. The minimum atomic E-state index is -1.06. The van der Waals surface area contributed by atoms with Crippen molar-refractivity contribution in [2.45, 2.75) is 24.4 Å². The second kappa shape index (κ2) is 8.27. The third-order valence-corrected chi connectivity index (χ3v) is 5.62. The molecule has 0 unspecified atom stereocenters. The third kappa shape index (κ3) is 3.27. The van der Waals surface area contributed by atoms with Crippen molar-refractivity contribution in [3.63, 3.8) is 0 Å². The van der Waals surface area contributed by atoms with Gasteiger partial charge in [0, 0.05) is 25.2 Å². The highest BCUT2D eigenvalue weighted by Crippen LogP contribution is 2.52. The van der Waals surface area contributed by atoms with Gasteiger partial charge in [0.2, 0.25) is 0 Å². The lowest BCUT2D eigenvalue weighted by molar-refractivity contribution is -0.149. The van der Waals surface area contributed by atoms with E-state index >= 15 is 0 Å². The van der Waals surface area contributed by atoms with Gasteiger partial charge in [0.25, 0.3) is 0 Å². The first kappa shape index (κ1) is 22.1. The highest BCUT2D eigenvalue weighted by atomic mass is 16.5. The Labute approximate surface area is 180 Å². The average Bonchev–Trinajstić information content (AvgIpc) is 3.15. The fourth-order valence-corrected chi connectivity index (χ4v) is 4.19. The molecule has 4 amide bonds. The molecule has 31 heavy (non-hydrogen) atoms. The first-order valence-corrected chi connectivity index (χ1v) is 9.71. The van der Waals surface area contributed by atoms with Crippen molar-refractivity contribution in [3.8, 4) is 0 Å². The smallest absolute Gasteiger partial charge is 0.334 e. The van der Waals surface area contributed by atoms with Crippen molar-refractivity contribution >= 4 is 18.0 Å². The maximum atomic E-state index is 12.6. The van der Waals surface area contributed by atoms with Gasteiger partial charge < -0.3 is 20.5 Å². The van der Waals surface area contributed by atoms with Gasteiger partial charge in [-0.05, 0) is 6.92 Å². The summed E-state index contributed by atoms with van der Waals surface area (Å²) in [5.74, 6) is -0.597. The number of carbonyl (C=O) groups is 3. The van der Waals surface area contributed by atoms with Crippen LogP contribution in [0.5, 0.6) is 0 Å². The summed E-state index contributed by atoms with van der Waals surface area (Å²) >= 11 is 0. The maximum absolute atomic E-state index is 12.6. The van der Waals surface area contributed by atoms with E-state index in [-0.39, 0.29) is 12.1 Å². The maximum Gasteiger partial charge on any atom is 0.334 e. The van der Waals surface area contributed by atoms with Gasteiger partial charge >= 0.3 is 18.0 Å². The molecule has 0 aliphatic carbocycles. The molecule has 4 rings (SSSR count). The average molecular weight is 426 g/mol. The molecule has 0 saturated carbocycles. The number of aliphatic hydroxyl groups excluding tert-OH is 1. The molecule has 0 aromatic heterocycles. The fourth-order valence-electron chi connectivity index (χ4n) is 4.19. The third-order valence-electron chi connectivity index (χ3n) is 5.62. The van der Waals surface area contributed by atoms with E-state index in [1.165, 1.54) is 14.0 Å². The topological polar surface area (TPSA) is 111 Å². The number of nitrogens with zero attached hydrogens (tertiary/aromatic N) is 2. The molecule has 2 aromatic rings. The molecule has 3 N–H and O–H groups in total. The molecule has 9 nitrogen and oxygen atoms in total. The Bertz CT molecular complexity index is 940. The van der Waals surface area contributed by atoms with Gasteiger partial charge in [0.1, 0.15) is 6.10 Å². The van der Waals surface area contributed by atoms with E-state index in [9.17, 15) is 14.4 Å². The summed E-state index contributed by atoms with van der Waals surface area (Å²) in [6.07, 6.45) is -0.995. The number of fused-ring (bicyclic) bond motifs is 1. The molecule has 1 atom stereocenters. The quantitative estimate of drug-likeness (QED) is 0.645. The predicted octanol–water partition coefficient (Wildman–Crippen LogP) is 1.54. The molecule has 2 aliphatic heterocycles. The number of urea groups is 2. The minimum Gasteiger partial charge on any atom is -0.467 e. The number of carbonyl (C=O) groups excluding carboxylic acids is 3. The SMILES string of the molecule is CN1C(=O)NC2(c3ccccc3)NC(=O)N(C)C12c1ccccc1.COC(=O)[C@H](C)O. The van der Waals surface area contributed by atoms with E-state index in [2.05, 4.69) is 15.4 Å². The van der Waals surface area contributed by atoms with Gasteiger partial charge in [-0.1, -0.05) is 60.7 Å². The predicted molar refractivity (Wildman–Crippen MR) is 113 cm³/mol. The van der Waals surface area contributed by atoms with Gasteiger partial charge in [-0.25, -0.2) is 14.4 Å². The van der Waals surface area contributed by atoms with Crippen LogP contribution in [0.4, 0.5) is 9.59 Å². The largest absolute Gasteiger partial charge is 0.467 e. The molecule has 0 radical (unpaired) electrons. The highest BCUT2D eigenvalue weighted by Gasteiger charge is 2.72. The van der Waals surface area contributed by atoms with Crippen molar-refractivity contribution in [1.82, 2.24) is 20.4 Å². The Morgan fingerprint density at radius 2 is 1.32 bits per heavy atom. The van der Waals surface area contributed by atoms with Crippen LogP contribution in [0.15, 0.2) is 60.7 Å². The van der Waals surface area contributed by atoms with E-state index in [4.69, 9.17) is 5.11 Å². The van der Waals surface area contributed by atoms with E-state index in [1.54, 1.807) is 23.9 Å². The Morgan fingerprint density at radius 3 is 1.68 bits per heavy atom. The molecule has 0 bridgehead atoms. The van der Waals surface area contributed by atoms with Crippen LogP contribution in [-0.2, 0) is 20.9 Å². The summed E-state index contributed by atoms with van der Waals surface area (Å²) in [6, 6.07) is 18.7. The van der Waals surface area contributed by atoms with Crippen LogP contribution in [-0.4, -0.2) is 60.2 Å². The molecular weight excluding hydrogens is 400 g/mol. The second-order valence-electron chi connectivity index (χ2n) is 7.33. The molecule has 2 aliphatic rings. The van der Waals surface area contributed by atoms with Crippen molar-refractivity contribution in [2.24, 2.45) is 0 Å². The summed E-state index contributed by atoms with van der Waals surface area (Å²) in [4.78, 5) is 38.5. The monoisotopic (exact) mass is 426 g/mol. The lowest BCUT2D eigenvalue weighted by Crippen LogP contribution is -2.61. The minimum absolute atomic E-state index is 0.241. The summed E-state index contributed by atoms with van der Waals surface area (Å²) < 4.78 is 4.12. The lowest BCUT2D eigenvalue weighted by Gasteiger charge is -2.44. The normalized spacial score (nSPS) is 25.1. The van der Waals surface area contributed by atoms with E-state index < -0.39 is 23.4 Å². The van der Waals surface area contributed by atoms with Gasteiger partial charge in [0.05, 0.1) is 7.11 Å². The molecule has 9 heteroatoms. The first-order chi connectivity index (χ1) is 14.7. The van der Waals surface area contributed by atoms with Gasteiger partial charge in [0.15, 0.2) is 11.3 Å². The van der Waals surface area contributed by atoms with E-state index in [0.717, 1.165) is 11.1 Å². The zero-order valence-corrected chi connectivity index (χ0v) is 17.8. The number of nitrogens with one attached hydrogen (secondary N) is 2. The highest BCUT2D eigenvalue weighted by molar-refractivity contribution is 5.89. The molecule has 2 heterocycles. The Kier molecular flexibility index (Phi) is 5.90. The molecular formula is C22H26N4O5. The van der Waals surface area contributed by atoms with Gasteiger partial charge in [-0.2, -0.15) is 0 Å². The zero-order chi connectivity index (χ0) is 22.8. The summed E-state index contributed by atoms with van der Waals surface area (Å²) in [6.45, 7) is 1.35. The molecule has 0 spiro atoms. The van der Waals surface area contributed by atoms with Crippen molar-refractivity contribution in [2.75, 3.05) is 21.2 Å². The number of ether oxygens (including phenoxy) is 1. The Hall–Kier alpha value is -3.59. The number of esters is 1. The van der Waals surface area contributed by atoms with Crippen LogP contribution >= 0.6 is 0 Å². The summed E-state index contributed by atoms with van der Waals surface area (Å²) in [5, 5.41) is 14.4. The number of benzene rings is 2. The number of amides is 4. The van der Waals surface area contributed by atoms with Gasteiger partial charge in [-0.15, -0.1) is 0 Å². The summed E-state index contributed by atoms with van der Waals surface area (Å²) in [5.41, 5.74) is -0.378.